The summed E-state index contributed by atoms with van der Waals surface area (Å²) in [7, 11) is 0. The summed E-state index contributed by atoms with van der Waals surface area (Å²) in [6.07, 6.45) is -1.01. The van der Waals surface area contributed by atoms with Crippen LogP contribution in [-0.2, 0) is 20.9 Å². The maximum absolute atomic E-state index is 12.1. The molecular weight excluding hydrogens is 368 g/mol. The smallest absolute Gasteiger partial charge is 0.330 e. The number of nitrogens with one attached hydrogen (secondary N) is 1. The third-order valence-electron chi connectivity index (χ3n) is 3.42. The molecule has 0 fully saturated rings. The molecule has 1 amide bonds. The number of hydrogen-bond donors (Lipinski definition) is 1. The van der Waals surface area contributed by atoms with Crippen molar-refractivity contribution in [2.24, 2.45) is 0 Å². The second-order valence-electron chi connectivity index (χ2n) is 5.43. The normalized spacial score (nSPS) is 11.4. The molecule has 136 valence electrons. The van der Waals surface area contributed by atoms with E-state index in [1.165, 1.54) is 18.3 Å². The second kappa shape index (κ2) is 8.20. The molecule has 0 saturated heterocycles. The lowest BCUT2D eigenvalue weighted by molar-refractivity contribution is -0.154. The molecule has 0 bridgehead atoms. The standard InChI is InChI=1S/C17H14N6O3S/c1-11(17(25)19-13-6-4-12(9-18)5-7-13)26-15(24)10-23-21-16(20-22-23)14-3-2-8-27-14/h2-8,11H,10H2,1H3,(H,19,25)/t11-/m1/s1. The lowest BCUT2D eigenvalue weighted by Crippen LogP contribution is -2.31. The first-order chi connectivity index (χ1) is 13.0. The van der Waals surface area contributed by atoms with E-state index in [0.717, 1.165) is 9.67 Å². The fourth-order valence-corrected chi connectivity index (χ4v) is 2.74. The number of thiophene rings is 1. The summed E-state index contributed by atoms with van der Waals surface area (Å²) in [4.78, 5) is 26.1. The number of hydrogen-bond acceptors (Lipinski definition) is 8. The molecule has 9 nitrogen and oxygen atoms in total. The Morgan fingerprint density at radius 2 is 2.11 bits per heavy atom. The largest absolute Gasteiger partial charge is 0.451 e. The second-order valence-corrected chi connectivity index (χ2v) is 6.38. The first kappa shape index (κ1) is 18.2. The molecule has 10 heteroatoms. The van der Waals surface area contributed by atoms with Crippen molar-refractivity contribution in [2.45, 2.75) is 19.6 Å². The lowest BCUT2D eigenvalue weighted by atomic mass is 10.2. The zero-order valence-electron chi connectivity index (χ0n) is 14.2. The molecule has 0 radical (unpaired) electrons. The zero-order valence-corrected chi connectivity index (χ0v) is 15.0. The Bertz CT molecular complexity index is 975. The van der Waals surface area contributed by atoms with Gasteiger partial charge in [-0.1, -0.05) is 6.07 Å². The summed E-state index contributed by atoms with van der Waals surface area (Å²) >= 11 is 1.46. The summed E-state index contributed by atoms with van der Waals surface area (Å²) in [6.45, 7) is 1.20. The predicted molar refractivity (Wildman–Crippen MR) is 96.5 cm³/mol. The highest BCUT2D eigenvalue weighted by atomic mass is 32.1. The Morgan fingerprint density at radius 3 is 2.78 bits per heavy atom. The van der Waals surface area contributed by atoms with Gasteiger partial charge in [-0.3, -0.25) is 4.79 Å². The number of carbonyl (C=O) groups excluding carboxylic acids is 2. The van der Waals surface area contributed by atoms with E-state index in [0.29, 0.717) is 17.1 Å². The SMILES string of the molecule is C[C@@H](OC(=O)Cn1nnc(-c2cccs2)n1)C(=O)Nc1ccc(C#N)cc1. The van der Waals surface area contributed by atoms with Crippen LogP contribution in [0.4, 0.5) is 5.69 Å². The van der Waals surface area contributed by atoms with E-state index in [9.17, 15) is 9.59 Å². The Morgan fingerprint density at radius 1 is 1.33 bits per heavy atom. The molecule has 0 unspecified atom stereocenters. The number of tetrazole rings is 1. The van der Waals surface area contributed by atoms with Crippen molar-refractivity contribution >= 4 is 28.9 Å². The van der Waals surface area contributed by atoms with E-state index < -0.39 is 18.0 Å². The molecule has 3 rings (SSSR count). The molecule has 2 heterocycles. The van der Waals surface area contributed by atoms with Gasteiger partial charge in [-0.25, -0.2) is 4.79 Å². The van der Waals surface area contributed by atoms with Crippen molar-refractivity contribution in [3.05, 3.63) is 47.3 Å². The van der Waals surface area contributed by atoms with Crippen LogP contribution < -0.4 is 5.32 Å². The topological polar surface area (TPSA) is 123 Å². The summed E-state index contributed by atoms with van der Waals surface area (Å²) < 4.78 is 5.10. The Labute approximate surface area is 158 Å². The quantitative estimate of drug-likeness (QED) is 0.645. The molecule has 27 heavy (non-hydrogen) atoms. The fourth-order valence-electron chi connectivity index (χ4n) is 2.09. The highest BCUT2D eigenvalue weighted by Gasteiger charge is 2.19. The van der Waals surface area contributed by atoms with Crippen LogP contribution in [0.3, 0.4) is 0 Å². The van der Waals surface area contributed by atoms with Crippen molar-refractivity contribution in [1.29, 1.82) is 5.26 Å². The third-order valence-corrected chi connectivity index (χ3v) is 4.29. The molecule has 2 aromatic heterocycles. The fraction of sp³-hybridized carbons (Fsp3) is 0.176. The molecule has 0 spiro atoms. The van der Waals surface area contributed by atoms with Crippen LogP contribution >= 0.6 is 11.3 Å². The zero-order chi connectivity index (χ0) is 19.2. The van der Waals surface area contributed by atoms with E-state index in [2.05, 4.69) is 20.7 Å². The molecule has 0 aliphatic rings. The van der Waals surface area contributed by atoms with Gasteiger partial charge in [0.1, 0.15) is 0 Å². The Balaban J connectivity index is 1.52. The maximum Gasteiger partial charge on any atom is 0.330 e. The van der Waals surface area contributed by atoms with E-state index in [1.807, 2.05) is 23.6 Å². The number of nitrogens with zero attached hydrogens (tertiary/aromatic N) is 5. The van der Waals surface area contributed by atoms with Gasteiger partial charge in [0, 0.05) is 5.69 Å². The lowest BCUT2D eigenvalue weighted by Gasteiger charge is -2.13. The van der Waals surface area contributed by atoms with Crippen molar-refractivity contribution < 1.29 is 14.3 Å². The number of benzene rings is 1. The molecule has 3 aromatic rings. The minimum Gasteiger partial charge on any atom is -0.451 e. The monoisotopic (exact) mass is 382 g/mol. The Kier molecular flexibility index (Phi) is 5.53. The van der Waals surface area contributed by atoms with Gasteiger partial charge in [-0.05, 0) is 47.8 Å². The highest BCUT2D eigenvalue weighted by molar-refractivity contribution is 7.13. The van der Waals surface area contributed by atoms with Gasteiger partial charge in [-0.2, -0.15) is 10.1 Å². The average molecular weight is 382 g/mol. The molecular formula is C17H14N6O3S. The number of aromatic nitrogens is 4. The van der Waals surface area contributed by atoms with Crippen LogP contribution in [0.25, 0.3) is 10.7 Å². The van der Waals surface area contributed by atoms with Crippen molar-refractivity contribution in [2.75, 3.05) is 5.32 Å². The number of rotatable bonds is 6. The first-order valence-corrected chi connectivity index (χ1v) is 8.75. The summed E-state index contributed by atoms with van der Waals surface area (Å²) in [6, 6.07) is 12.0. The molecule has 1 aromatic carbocycles. The molecule has 1 N–H and O–H groups in total. The van der Waals surface area contributed by atoms with Gasteiger partial charge in [0.15, 0.2) is 12.6 Å². The van der Waals surface area contributed by atoms with Crippen LogP contribution in [0.15, 0.2) is 41.8 Å². The highest BCUT2D eigenvalue weighted by Crippen LogP contribution is 2.19. The summed E-state index contributed by atoms with van der Waals surface area (Å²) in [5.41, 5.74) is 0.982. The number of esters is 1. The predicted octanol–water partition coefficient (Wildman–Crippen LogP) is 1.84. The summed E-state index contributed by atoms with van der Waals surface area (Å²) in [5, 5.41) is 25.0. The number of ether oxygens (including phenoxy) is 1. The van der Waals surface area contributed by atoms with Crippen molar-refractivity contribution in [1.82, 2.24) is 20.2 Å². The van der Waals surface area contributed by atoms with E-state index in [1.54, 1.807) is 24.3 Å². The molecule has 0 saturated carbocycles. The van der Waals surface area contributed by atoms with Gasteiger partial charge in [0.05, 0.1) is 16.5 Å². The molecule has 1 atom stereocenters. The number of amides is 1. The van der Waals surface area contributed by atoms with Crippen molar-refractivity contribution in [3.8, 4) is 16.8 Å². The minimum absolute atomic E-state index is 0.257. The number of anilines is 1. The molecule has 0 aliphatic carbocycles. The van der Waals surface area contributed by atoms with Gasteiger partial charge in [0.25, 0.3) is 5.91 Å². The Hall–Kier alpha value is -3.58. The van der Waals surface area contributed by atoms with Crippen LogP contribution in [0, 0.1) is 11.3 Å². The van der Waals surface area contributed by atoms with Gasteiger partial charge < -0.3 is 10.1 Å². The van der Waals surface area contributed by atoms with Crippen LogP contribution in [0.2, 0.25) is 0 Å². The average Bonchev–Trinajstić information content (AvgIpc) is 3.33. The van der Waals surface area contributed by atoms with E-state index in [-0.39, 0.29) is 6.54 Å². The van der Waals surface area contributed by atoms with Crippen molar-refractivity contribution in [3.63, 3.8) is 0 Å². The summed E-state index contributed by atoms with van der Waals surface area (Å²) in [5.74, 6) is -0.726. The van der Waals surface area contributed by atoms with Gasteiger partial charge in [-0.15, -0.1) is 21.5 Å². The third kappa shape index (κ3) is 4.74. The van der Waals surface area contributed by atoms with Crippen LogP contribution in [-0.4, -0.2) is 38.2 Å². The minimum atomic E-state index is -1.01. The first-order valence-electron chi connectivity index (χ1n) is 7.87. The van der Waals surface area contributed by atoms with Crippen LogP contribution in [0.5, 0.6) is 0 Å². The van der Waals surface area contributed by atoms with E-state index in [4.69, 9.17) is 10.00 Å². The number of carbonyl (C=O) groups is 2. The van der Waals surface area contributed by atoms with Gasteiger partial charge >= 0.3 is 5.97 Å². The maximum atomic E-state index is 12.1. The number of nitriles is 1. The van der Waals surface area contributed by atoms with Gasteiger partial charge in [0.2, 0.25) is 5.82 Å². The van der Waals surface area contributed by atoms with E-state index >= 15 is 0 Å². The molecule has 0 aliphatic heterocycles. The van der Waals surface area contributed by atoms with Crippen LogP contribution in [0.1, 0.15) is 12.5 Å².